The van der Waals surface area contributed by atoms with E-state index in [1.54, 1.807) is 30.5 Å². The third-order valence-electron chi connectivity index (χ3n) is 8.62. The van der Waals surface area contributed by atoms with Gasteiger partial charge in [-0.1, -0.05) is 30.3 Å². The Morgan fingerprint density at radius 1 is 0.881 bits per heavy atom. The number of nitrogens with zero attached hydrogens (tertiary/aromatic N) is 3. The SMILES string of the molecule is CS(=O)(=O)c1ccc(NC2CCC(c3c(C(=O)N4CC[C@H](c5ccccc5)C4)cnn3-c3ccc(F)cc3)CC2)cc1. The van der Waals surface area contributed by atoms with E-state index in [1.165, 1.54) is 24.0 Å². The number of halogens is 1. The average molecular weight is 587 g/mol. The predicted molar refractivity (Wildman–Crippen MR) is 161 cm³/mol. The summed E-state index contributed by atoms with van der Waals surface area (Å²) in [5, 5.41) is 8.20. The number of nitrogens with one attached hydrogen (secondary N) is 1. The molecule has 2 heterocycles. The summed E-state index contributed by atoms with van der Waals surface area (Å²) in [7, 11) is -3.24. The molecule has 1 N–H and O–H groups in total. The van der Waals surface area contributed by atoms with E-state index >= 15 is 0 Å². The van der Waals surface area contributed by atoms with Crippen LogP contribution in [0.5, 0.6) is 0 Å². The zero-order valence-corrected chi connectivity index (χ0v) is 24.4. The van der Waals surface area contributed by atoms with Crippen molar-refractivity contribution in [1.29, 1.82) is 0 Å². The third kappa shape index (κ3) is 5.97. The number of benzene rings is 3. The van der Waals surface area contributed by atoms with Crippen LogP contribution in [0.2, 0.25) is 0 Å². The fourth-order valence-electron chi connectivity index (χ4n) is 6.36. The molecular formula is C33H35FN4O3S. The van der Waals surface area contributed by atoms with Crippen molar-refractivity contribution in [3.8, 4) is 5.69 Å². The quantitative estimate of drug-likeness (QED) is 0.280. The lowest BCUT2D eigenvalue weighted by molar-refractivity contribution is 0.0788. The van der Waals surface area contributed by atoms with E-state index in [4.69, 9.17) is 0 Å². The van der Waals surface area contributed by atoms with Crippen molar-refractivity contribution < 1.29 is 17.6 Å². The molecule has 0 bridgehead atoms. The number of rotatable bonds is 7. The molecule has 42 heavy (non-hydrogen) atoms. The van der Waals surface area contributed by atoms with Crippen molar-refractivity contribution in [2.45, 2.75) is 54.9 Å². The molecule has 7 nitrogen and oxygen atoms in total. The Bertz CT molecular complexity index is 1650. The lowest BCUT2D eigenvalue weighted by atomic mass is 9.82. The third-order valence-corrected chi connectivity index (χ3v) is 9.75. The van der Waals surface area contributed by atoms with Crippen LogP contribution in [0.15, 0.2) is 90.0 Å². The predicted octanol–water partition coefficient (Wildman–Crippen LogP) is 6.18. The number of carbonyl (C=O) groups excluding carboxylic acids is 1. The Labute approximate surface area is 246 Å². The van der Waals surface area contributed by atoms with Gasteiger partial charge in [-0.3, -0.25) is 4.79 Å². The second kappa shape index (κ2) is 11.7. The highest BCUT2D eigenvalue weighted by Crippen LogP contribution is 2.38. The smallest absolute Gasteiger partial charge is 0.257 e. The van der Waals surface area contributed by atoms with E-state index in [0.717, 1.165) is 49.2 Å². The fourth-order valence-corrected chi connectivity index (χ4v) is 6.99. The minimum Gasteiger partial charge on any atom is -0.382 e. The van der Waals surface area contributed by atoms with Crippen LogP contribution in [0.1, 0.15) is 65.6 Å². The van der Waals surface area contributed by atoms with Gasteiger partial charge in [-0.25, -0.2) is 17.5 Å². The van der Waals surface area contributed by atoms with Crippen LogP contribution in [0.3, 0.4) is 0 Å². The van der Waals surface area contributed by atoms with Gasteiger partial charge in [0, 0.05) is 42.9 Å². The lowest BCUT2D eigenvalue weighted by Crippen LogP contribution is -2.31. The Balaban J connectivity index is 1.21. The molecule has 1 aromatic heterocycles. The normalized spacial score (nSPS) is 20.9. The summed E-state index contributed by atoms with van der Waals surface area (Å²) in [6.45, 7) is 1.38. The lowest BCUT2D eigenvalue weighted by Gasteiger charge is -2.31. The number of carbonyl (C=O) groups is 1. The molecule has 6 rings (SSSR count). The Morgan fingerprint density at radius 3 is 2.24 bits per heavy atom. The van der Waals surface area contributed by atoms with Crippen LogP contribution >= 0.6 is 0 Å². The van der Waals surface area contributed by atoms with Gasteiger partial charge in [0.25, 0.3) is 5.91 Å². The van der Waals surface area contributed by atoms with Gasteiger partial charge in [0.05, 0.1) is 28.0 Å². The van der Waals surface area contributed by atoms with E-state index in [1.807, 2.05) is 39.9 Å². The van der Waals surface area contributed by atoms with Crippen molar-refractivity contribution in [2.24, 2.45) is 0 Å². The van der Waals surface area contributed by atoms with Crippen LogP contribution in [0, 0.1) is 5.82 Å². The summed E-state index contributed by atoms with van der Waals surface area (Å²) in [6.07, 6.45) is 7.32. The maximum Gasteiger partial charge on any atom is 0.257 e. The van der Waals surface area contributed by atoms with Crippen molar-refractivity contribution in [2.75, 3.05) is 24.7 Å². The number of hydrogen-bond acceptors (Lipinski definition) is 5. The van der Waals surface area contributed by atoms with E-state index in [-0.39, 0.29) is 23.7 Å². The zero-order valence-electron chi connectivity index (χ0n) is 23.6. The van der Waals surface area contributed by atoms with Gasteiger partial charge >= 0.3 is 0 Å². The van der Waals surface area contributed by atoms with E-state index in [9.17, 15) is 17.6 Å². The highest BCUT2D eigenvalue weighted by molar-refractivity contribution is 7.90. The first kappa shape index (κ1) is 28.2. The van der Waals surface area contributed by atoms with Crippen LogP contribution in [0.4, 0.5) is 10.1 Å². The Hall–Kier alpha value is -3.98. The molecule has 218 valence electrons. The number of sulfone groups is 1. The molecule has 3 aromatic carbocycles. The summed E-state index contributed by atoms with van der Waals surface area (Å²) in [4.78, 5) is 16.2. The molecule has 1 aliphatic carbocycles. The molecule has 0 spiro atoms. The molecule has 1 amide bonds. The van der Waals surface area contributed by atoms with E-state index in [0.29, 0.717) is 29.5 Å². The molecule has 0 unspecified atom stereocenters. The van der Waals surface area contributed by atoms with Gasteiger partial charge < -0.3 is 10.2 Å². The van der Waals surface area contributed by atoms with Crippen LogP contribution < -0.4 is 5.32 Å². The van der Waals surface area contributed by atoms with Gasteiger partial charge in [0.2, 0.25) is 0 Å². The van der Waals surface area contributed by atoms with Crippen molar-refractivity contribution in [1.82, 2.24) is 14.7 Å². The average Bonchev–Trinajstić information content (AvgIpc) is 3.67. The first-order valence-corrected chi connectivity index (χ1v) is 16.4. The number of anilines is 1. The molecule has 1 saturated carbocycles. The number of likely N-dealkylation sites (tertiary alicyclic amines) is 1. The maximum absolute atomic E-state index is 13.9. The van der Waals surface area contributed by atoms with Crippen LogP contribution in [0.25, 0.3) is 5.69 Å². The zero-order chi connectivity index (χ0) is 29.3. The minimum absolute atomic E-state index is 0.00278. The first-order valence-electron chi connectivity index (χ1n) is 14.5. The van der Waals surface area contributed by atoms with Gasteiger partial charge in [-0.05, 0) is 86.2 Å². The molecule has 0 radical (unpaired) electrons. The Kier molecular flexibility index (Phi) is 7.86. The molecule has 4 aromatic rings. The maximum atomic E-state index is 13.9. The monoisotopic (exact) mass is 586 g/mol. The molecule has 9 heteroatoms. The largest absolute Gasteiger partial charge is 0.382 e. The van der Waals surface area contributed by atoms with Crippen LogP contribution in [-0.4, -0.2) is 54.4 Å². The second-order valence-corrected chi connectivity index (χ2v) is 13.5. The van der Waals surface area contributed by atoms with Crippen molar-refractivity contribution in [3.05, 3.63) is 108 Å². The molecule has 1 saturated heterocycles. The summed E-state index contributed by atoms with van der Waals surface area (Å²) in [5.41, 5.74) is 4.40. The molecule has 2 aliphatic rings. The summed E-state index contributed by atoms with van der Waals surface area (Å²) >= 11 is 0. The molecule has 2 fully saturated rings. The minimum atomic E-state index is -3.24. The molecule has 1 atom stereocenters. The van der Waals surface area contributed by atoms with E-state index < -0.39 is 9.84 Å². The summed E-state index contributed by atoms with van der Waals surface area (Å²) in [6, 6.07) is 23.7. The highest BCUT2D eigenvalue weighted by Gasteiger charge is 2.34. The van der Waals surface area contributed by atoms with Crippen molar-refractivity contribution in [3.63, 3.8) is 0 Å². The van der Waals surface area contributed by atoms with Crippen molar-refractivity contribution >= 4 is 21.4 Å². The molecule has 1 aliphatic heterocycles. The number of aromatic nitrogens is 2. The van der Waals surface area contributed by atoms with Crippen LogP contribution in [-0.2, 0) is 9.84 Å². The number of hydrogen-bond donors (Lipinski definition) is 1. The standard InChI is InChI=1S/C33H35FN4O3S/c1-42(40,41)30-17-13-28(14-18-30)36-27-11-7-24(8-12-27)32-31(21-35-38(32)29-15-9-26(34)10-16-29)33(39)37-20-19-25(22-37)23-5-3-2-4-6-23/h2-6,9-10,13-18,21,24-25,27,36H,7-8,11-12,19-20,22H2,1H3/t24?,25-,27?/m0/s1. The van der Waals surface area contributed by atoms with Gasteiger partial charge in [-0.15, -0.1) is 0 Å². The summed E-state index contributed by atoms with van der Waals surface area (Å²) in [5.74, 6) is 0.125. The number of amides is 1. The topological polar surface area (TPSA) is 84.3 Å². The van der Waals surface area contributed by atoms with Gasteiger partial charge in [0.15, 0.2) is 9.84 Å². The molecular weight excluding hydrogens is 551 g/mol. The summed E-state index contributed by atoms with van der Waals surface area (Å²) < 4.78 is 39.2. The highest BCUT2D eigenvalue weighted by atomic mass is 32.2. The van der Waals surface area contributed by atoms with Gasteiger partial charge in [-0.2, -0.15) is 5.10 Å². The first-order chi connectivity index (χ1) is 20.3. The second-order valence-electron chi connectivity index (χ2n) is 11.5. The Morgan fingerprint density at radius 2 is 1.57 bits per heavy atom. The van der Waals surface area contributed by atoms with Gasteiger partial charge in [0.1, 0.15) is 5.82 Å². The fraction of sp³-hybridized carbons (Fsp3) is 0.333. The van der Waals surface area contributed by atoms with E-state index in [2.05, 4.69) is 22.5 Å².